The second-order valence-electron chi connectivity index (χ2n) is 2.17. The van der Waals surface area contributed by atoms with Crippen LogP contribution in [0, 0.1) is 0 Å². The topological polar surface area (TPSA) is 37.3 Å². The minimum Gasteiger partial charge on any atom is -0.478 e. The fraction of sp³-hybridized carbons (Fsp3) is 0.375. The maximum absolute atomic E-state index is 10.5. The molecule has 0 aliphatic heterocycles. The number of rotatable bonds is 3. The van der Waals surface area contributed by atoms with Crippen LogP contribution in [-0.4, -0.2) is 15.5 Å². The third-order valence-electron chi connectivity index (χ3n) is 1.17. The number of allylic oxidation sites excluding steroid dienone is 2. The Morgan fingerprint density at radius 1 is 1.64 bits per heavy atom. The lowest BCUT2D eigenvalue weighted by Gasteiger charge is -1.95. The number of aliphatic carboxylic acids is 1. The number of carbonyl (C=O) groups is 1. The molecule has 0 aliphatic carbocycles. The molecule has 0 heterocycles. The molecule has 62 valence electrons. The Balaban J connectivity index is 4.45. The third-order valence-corrected chi connectivity index (χ3v) is 2.37. The van der Waals surface area contributed by atoms with Crippen molar-refractivity contribution in [1.29, 1.82) is 0 Å². The molecule has 0 bridgehead atoms. The van der Waals surface area contributed by atoms with Gasteiger partial charge in [0.15, 0.2) is 0 Å². The summed E-state index contributed by atoms with van der Waals surface area (Å²) < 4.78 is 0.863. The van der Waals surface area contributed by atoms with Gasteiger partial charge in [0, 0.05) is 4.43 Å². The van der Waals surface area contributed by atoms with Gasteiger partial charge in [-0.25, -0.2) is 4.79 Å². The summed E-state index contributed by atoms with van der Waals surface area (Å²) in [6, 6.07) is 0. The van der Waals surface area contributed by atoms with Crippen molar-refractivity contribution in [1.82, 2.24) is 0 Å². The lowest BCUT2D eigenvalue weighted by Crippen LogP contribution is -1.97. The molecule has 0 aromatic rings. The summed E-state index contributed by atoms with van der Waals surface area (Å²) in [5.74, 6) is -0.864. The molecule has 0 radical (unpaired) electrons. The molecule has 0 aliphatic rings. The highest BCUT2D eigenvalue weighted by Gasteiger charge is 2.01. The molecule has 0 rings (SSSR count). The Kier molecular flexibility index (Phi) is 5.19. The smallest absolute Gasteiger partial charge is 0.335 e. The molecule has 0 fully saturated rings. The van der Waals surface area contributed by atoms with Crippen LogP contribution >= 0.6 is 22.6 Å². The average Bonchev–Trinajstić information content (AvgIpc) is 1.99. The van der Waals surface area contributed by atoms with Crippen LogP contribution in [0.25, 0.3) is 0 Å². The van der Waals surface area contributed by atoms with Gasteiger partial charge in [0.25, 0.3) is 0 Å². The van der Waals surface area contributed by atoms with Crippen molar-refractivity contribution in [3.8, 4) is 0 Å². The zero-order valence-electron chi connectivity index (χ0n) is 6.60. The maximum Gasteiger partial charge on any atom is 0.335 e. The second kappa shape index (κ2) is 5.35. The molecule has 3 heteroatoms. The van der Waals surface area contributed by atoms with E-state index in [0.717, 1.165) is 10.0 Å². The summed E-state index contributed by atoms with van der Waals surface area (Å²) in [7, 11) is 0. The third kappa shape index (κ3) is 4.19. The van der Waals surface area contributed by atoms with Gasteiger partial charge in [-0.1, -0.05) is 34.2 Å². The summed E-state index contributed by atoms with van der Waals surface area (Å²) in [5.41, 5.74) is 1.43. The van der Waals surface area contributed by atoms with Gasteiger partial charge in [0.1, 0.15) is 0 Å². The highest BCUT2D eigenvalue weighted by molar-refractivity contribution is 14.1. The predicted molar refractivity (Wildman–Crippen MR) is 54.0 cm³/mol. The highest BCUT2D eigenvalue weighted by atomic mass is 127. The summed E-state index contributed by atoms with van der Waals surface area (Å²) in [5, 5.41) is 8.60. The predicted octanol–water partition coefficient (Wildman–Crippen LogP) is 2.40. The van der Waals surface area contributed by atoms with Crippen molar-refractivity contribution in [2.24, 2.45) is 0 Å². The minimum atomic E-state index is -0.864. The number of carboxylic acid groups (broad SMARTS) is 1. The van der Waals surface area contributed by atoms with Crippen molar-refractivity contribution in [2.45, 2.75) is 13.8 Å². The molecule has 0 saturated carbocycles. The lowest BCUT2D eigenvalue weighted by atomic mass is 10.2. The van der Waals surface area contributed by atoms with Gasteiger partial charge in [-0.05, 0) is 19.9 Å². The van der Waals surface area contributed by atoms with Crippen molar-refractivity contribution in [2.75, 3.05) is 4.43 Å². The molecule has 1 N–H and O–H groups in total. The van der Waals surface area contributed by atoms with Crippen LogP contribution in [0.1, 0.15) is 13.8 Å². The van der Waals surface area contributed by atoms with Crippen LogP contribution in [0.4, 0.5) is 0 Å². The fourth-order valence-corrected chi connectivity index (χ4v) is 0.793. The van der Waals surface area contributed by atoms with Gasteiger partial charge >= 0.3 is 5.97 Å². The van der Waals surface area contributed by atoms with E-state index in [0.29, 0.717) is 5.57 Å². The molecule has 0 atom stereocenters. The number of halogens is 1. The van der Waals surface area contributed by atoms with Crippen LogP contribution in [0.5, 0.6) is 0 Å². The normalized spacial score (nSPS) is 13.4. The summed E-state index contributed by atoms with van der Waals surface area (Å²) in [4.78, 5) is 10.5. The molecule has 0 unspecified atom stereocenters. The summed E-state index contributed by atoms with van der Waals surface area (Å²) >= 11 is 2.20. The minimum absolute atomic E-state index is 0.360. The van der Waals surface area contributed by atoms with E-state index < -0.39 is 5.97 Å². The Bertz CT molecular complexity index is 204. The quantitative estimate of drug-likeness (QED) is 0.368. The molecule has 0 saturated heterocycles. The van der Waals surface area contributed by atoms with Gasteiger partial charge in [0.05, 0.1) is 5.57 Å². The summed E-state index contributed by atoms with van der Waals surface area (Å²) in [6.45, 7) is 3.64. The van der Waals surface area contributed by atoms with E-state index in [9.17, 15) is 4.79 Å². The highest BCUT2D eigenvalue weighted by Crippen LogP contribution is 2.05. The number of alkyl halides is 1. The number of carboxylic acids is 1. The SMILES string of the molecule is C/C=C(\C=C(\C)CI)C(=O)O. The monoisotopic (exact) mass is 266 g/mol. The molecule has 11 heavy (non-hydrogen) atoms. The molecule has 2 nitrogen and oxygen atoms in total. The Morgan fingerprint density at radius 3 is 2.45 bits per heavy atom. The van der Waals surface area contributed by atoms with E-state index in [1.54, 1.807) is 19.1 Å². The van der Waals surface area contributed by atoms with Gasteiger partial charge in [-0.2, -0.15) is 0 Å². The fourth-order valence-electron chi connectivity index (χ4n) is 0.573. The van der Waals surface area contributed by atoms with Crippen molar-refractivity contribution >= 4 is 28.6 Å². The van der Waals surface area contributed by atoms with Crippen LogP contribution in [0.2, 0.25) is 0 Å². The Morgan fingerprint density at radius 2 is 2.18 bits per heavy atom. The molecule has 0 aromatic carbocycles. The van der Waals surface area contributed by atoms with E-state index in [1.165, 1.54) is 0 Å². The second-order valence-corrected chi connectivity index (χ2v) is 2.94. The zero-order chi connectivity index (χ0) is 8.85. The first kappa shape index (κ1) is 10.7. The van der Waals surface area contributed by atoms with Crippen molar-refractivity contribution < 1.29 is 9.90 Å². The summed E-state index contributed by atoms with van der Waals surface area (Å²) in [6.07, 6.45) is 3.28. The van der Waals surface area contributed by atoms with E-state index >= 15 is 0 Å². The number of hydrogen-bond acceptors (Lipinski definition) is 1. The molecular formula is C8H11IO2. The van der Waals surface area contributed by atoms with Crippen molar-refractivity contribution in [3.63, 3.8) is 0 Å². The lowest BCUT2D eigenvalue weighted by molar-refractivity contribution is -0.132. The molecule has 0 spiro atoms. The zero-order valence-corrected chi connectivity index (χ0v) is 8.75. The maximum atomic E-state index is 10.5. The molecule has 0 aromatic heterocycles. The van der Waals surface area contributed by atoms with E-state index in [4.69, 9.17) is 5.11 Å². The largest absolute Gasteiger partial charge is 0.478 e. The Hall–Kier alpha value is -0.320. The standard InChI is InChI=1S/C8H11IO2/c1-3-7(8(10)11)4-6(2)5-9/h3-4H,5H2,1-2H3,(H,10,11)/b6-4-,7-3+. The van der Waals surface area contributed by atoms with E-state index in [-0.39, 0.29) is 0 Å². The van der Waals surface area contributed by atoms with Gasteiger partial charge < -0.3 is 5.11 Å². The van der Waals surface area contributed by atoms with E-state index in [1.807, 2.05) is 6.92 Å². The van der Waals surface area contributed by atoms with Crippen LogP contribution in [0.15, 0.2) is 23.3 Å². The first-order chi connectivity index (χ1) is 5.11. The molecular weight excluding hydrogens is 255 g/mol. The number of hydrogen-bond donors (Lipinski definition) is 1. The van der Waals surface area contributed by atoms with E-state index in [2.05, 4.69) is 22.6 Å². The van der Waals surface area contributed by atoms with Gasteiger partial charge in [-0.15, -0.1) is 0 Å². The van der Waals surface area contributed by atoms with Crippen LogP contribution < -0.4 is 0 Å². The van der Waals surface area contributed by atoms with Gasteiger partial charge in [0.2, 0.25) is 0 Å². The Labute approximate surface area is 80.1 Å². The van der Waals surface area contributed by atoms with Crippen LogP contribution in [0.3, 0.4) is 0 Å². The first-order valence-corrected chi connectivity index (χ1v) is 4.77. The van der Waals surface area contributed by atoms with Gasteiger partial charge in [-0.3, -0.25) is 0 Å². The van der Waals surface area contributed by atoms with Crippen LogP contribution in [-0.2, 0) is 4.79 Å². The van der Waals surface area contributed by atoms with Crippen molar-refractivity contribution in [3.05, 3.63) is 23.3 Å². The first-order valence-electron chi connectivity index (χ1n) is 3.24. The average molecular weight is 266 g/mol. The molecule has 0 amide bonds.